The number of benzene rings is 1. The molecule has 0 amide bonds. The van der Waals surface area contributed by atoms with E-state index in [1.807, 2.05) is 6.07 Å². The second-order valence-electron chi connectivity index (χ2n) is 9.61. The maximum Gasteiger partial charge on any atom is 0.459 e. The molecule has 1 aromatic carbocycles. The van der Waals surface area contributed by atoms with Gasteiger partial charge in [-0.05, 0) is 31.2 Å². The topological polar surface area (TPSA) is 213 Å². The van der Waals surface area contributed by atoms with Crippen molar-refractivity contribution in [3.63, 3.8) is 0 Å². The average molecular weight is 589 g/mol. The minimum absolute atomic E-state index is 0.0652. The molecule has 41 heavy (non-hydrogen) atoms. The van der Waals surface area contributed by atoms with Gasteiger partial charge in [-0.25, -0.2) is 14.1 Å². The third-order valence-corrected chi connectivity index (χ3v) is 8.60. The number of nitrogens with one attached hydrogen (secondary N) is 1. The number of aliphatic hydroxyl groups is 2. The fraction of sp³-hybridized carbons (Fsp3) is 0.440. The van der Waals surface area contributed by atoms with E-state index < -0.39 is 49.3 Å². The second-order valence-corrected chi connectivity index (χ2v) is 11.3. The molecule has 2 fully saturated rings. The molecule has 0 radical (unpaired) electrons. The van der Waals surface area contributed by atoms with Crippen molar-refractivity contribution >= 4 is 25.1 Å². The highest BCUT2D eigenvalue weighted by atomic mass is 31.2. The molecule has 2 aliphatic rings. The third-order valence-electron chi connectivity index (χ3n) is 6.96. The summed E-state index contributed by atoms with van der Waals surface area (Å²) in [7, 11) is -3.00. The van der Waals surface area contributed by atoms with Gasteiger partial charge in [0.25, 0.3) is 0 Å². The van der Waals surface area contributed by atoms with Crippen LogP contribution in [0.3, 0.4) is 0 Å². The Morgan fingerprint density at radius 3 is 2.76 bits per heavy atom. The van der Waals surface area contributed by atoms with Crippen LogP contribution in [0.15, 0.2) is 48.8 Å². The number of nitrogens with two attached hydrogens (primary N) is 1. The van der Waals surface area contributed by atoms with E-state index in [-0.39, 0.29) is 18.2 Å². The molecule has 218 valence electrons. The van der Waals surface area contributed by atoms with Crippen LogP contribution in [0.2, 0.25) is 0 Å². The molecule has 7 atom stereocenters. The van der Waals surface area contributed by atoms with Crippen molar-refractivity contribution in [3.05, 3.63) is 54.5 Å². The number of nitriles is 1. The van der Waals surface area contributed by atoms with Gasteiger partial charge in [-0.1, -0.05) is 18.2 Å². The SMILES string of the molecule is COCCCOC(=O)[C@H](C)NP(=O)(Oc1ccccc1)OC1[C@@]2(C#N)O[C@@H](c3ccc4c(N)ncnn34)[C@H](O)[C@@]12O. The summed E-state index contributed by atoms with van der Waals surface area (Å²) in [5, 5.41) is 39.4. The zero-order chi connectivity index (χ0) is 29.4. The van der Waals surface area contributed by atoms with E-state index in [9.17, 15) is 24.8 Å². The molecule has 1 aliphatic heterocycles. The smallest absolute Gasteiger partial charge is 0.459 e. The molecule has 0 bridgehead atoms. The zero-order valence-electron chi connectivity index (χ0n) is 22.1. The molecule has 3 aromatic rings. The van der Waals surface area contributed by atoms with E-state index in [2.05, 4.69) is 15.2 Å². The van der Waals surface area contributed by atoms with E-state index >= 15 is 0 Å². The molecule has 16 heteroatoms. The van der Waals surface area contributed by atoms with Crippen molar-refractivity contribution in [3.8, 4) is 11.8 Å². The Hall–Kier alpha value is -3.61. The van der Waals surface area contributed by atoms with Crippen molar-refractivity contribution in [2.75, 3.05) is 26.1 Å². The number of esters is 1. The second kappa shape index (κ2) is 11.0. The molecule has 1 saturated heterocycles. The summed E-state index contributed by atoms with van der Waals surface area (Å²) in [5.74, 6) is -0.455. The minimum atomic E-state index is -4.51. The molecule has 1 saturated carbocycles. The van der Waals surface area contributed by atoms with Gasteiger partial charge in [-0.2, -0.15) is 15.4 Å². The number of nitrogens with zero attached hydrogens (tertiary/aromatic N) is 4. The van der Waals surface area contributed by atoms with Gasteiger partial charge in [0.2, 0.25) is 5.60 Å². The van der Waals surface area contributed by atoms with Crippen molar-refractivity contribution in [1.82, 2.24) is 19.7 Å². The number of hydrogen-bond donors (Lipinski definition) is 4. The number of rotatable bonds is 12. The van der Waals surface area contributed by atoms with Crippen LogP contribution in [0.4, 0.5) is 5.82 Å². The number of fused-ring (bicyclic) bond motifs is 2. The monoisotopic (exact) mass is 588 g/mol. The summed E-state index contributed by atoms with van der Waals surface area (Å²) in [6.45, 7) is 1.83. The molecule has 3 heterocycles. The van der Waals surface area contributed by atoms with Crippen molar-refractivity contribution < 1.29 is 42.8 Å². The fourth-order valence-corrected chi connectivity index (χ4v) is 6.54. The highest BCUT2D eigenvalue weighted by Gasteiger charge is 2.90. The predicted molar refractivity (Wildman–Crippen MR) is 140 cm³/mol. The Kier molecular flexibility index (Phi) is 7.75. The van der Waals surface area contributed by atoms with Gasteiger partial charge >= 0.3 is 13.7 Å². The number of nitrogen functional groups attached to an aromatic ring is 1. The summed E-state index contributed by atoms with van der Waals surface area (Å²) in [6.07, 6.45) is -2.89. The Morgan fingerprint density at radius 2 is 2.07 bits per heavy atom. The maximum absolute atomic E-state index is 14.0. The van der Waals surface area contributed by atoms with Crippen LogP contribution in [0.5, 0.6) is 5.75 Å². The normalized spacial score (nSPS) is 28.8. The van der Waals surface area contributed by atoms with Crippen LogP contribution in [-0.2, 0) is 28.1 Å². The number of methoxy groups -OCH3 is 1. The largest absolute Gasteiger partial charge is 0.464 e. The molecule has 15 nitrogen and oxygen atoms in total. The van der Waals surface area contributed by atoms with E-state index in [1.54, 1.807) is 30.3 Å². The third kappa shape index (κ3) is 4.93. The standard InChI is InChI=1S/C25H29N6O9P/c1-15(22(33)37-12-6-11-36-2)30-41(35,39-16-7-4-3-5-8-16)40-23-24(13-26)25(23,34)20(32)19(38-24)17-9-10-18-21(27)28-14-29-31(17)18/h3-5,7-10,14-15,19-20,23,32,34H,6,11-12H2,1-2H3,(H,30,35)(H2,27,28,29)/t15-,19-,20-,23?,24+,25+,41?/m0/s1. The van der Waals surface area contributed by atoms with Crippen molar-refractivity contribution in [1.29, 1.82) is 5.26 Å². The summed E-state index contributed by atoms with van der Waals surface area (Å²) < 4.78 is 42.7. The lowest BCUT2D eigenvalue weighted by Crippen LogP contribution is -2.38. The molecular weight excluding hydrogens is 559 g/mol. The van der Waals surface area contributed by atoms with Crippen LogP contribution in [0.1, 0.15) is 25.1 Å². The fourth-order valence-electron chi connectivity index (χ4n) is 4.82. The number of ether oxygens (including phenoxy) is 3. The van der Waals surface area contributed by atoms with Gasteiger partial charge < -0.3 is 34.7 Å². The first-order chi connectivity index (χ1) is 19.6. The highest BCUT2D eigenvalue weighted by Crippen LogP contribution is 2.68. The van der Waals surface area contributed by atoms with Gasteiger partial charge in [0.05, 0.1) is 12.3 Å². The summed E-state index contributed by atoms with van der Waals surface area (Å²) in [6, 6.07) is 11.8. The Morgan fingerprint density at radius 1 is 1.32 bits per heavy atom. The van der Waals surface area contributed by atoms with Crippen molar-refractivity contribution in [2.45, 2.75) is 48.9 Å². The number of hydrogen-bond acceptors (Lipinski definition) is 13. The summed E-state index contributed by atoms with van der Waals surface area (Å²) >= 11 is 0. The lowest BCUT2D eigenvalue weighted by atomic mass is 10.0. The first-order valence-corrected chi connectivity index (χ1v) is 14.2. The summed E-state index contributed by atoms with van der Waals surface area (Å²) in [5.41, 5.74) is 2.17. The summed E-state index contributed by atoms with van der Waals surface area (Å²) in [4.78, 5) is 16.4. The highest BCUT2D eigenvalue weighted by molar-refractivity contribution is 7.52. The number of aromatic nitrogens is 3. The molecule has 0 spiro atoms. The van der Waals surface area contributed by atoms with Gasteiger partial charge in [-0.3, -0.25) is 9.32 Å². The van der Waals surface area contributed by atoms with E-state index in [0.717, 1.165) is 0 Å². The molecule has 1 aliphatic carbocycles. The van der Waals surface area contributed by atoms with E-state index in [1.165, 1.54) is 37.0 Å². The first-order valence-electron chi connectivity index (χ1n) is 12.6. The lowest BCUT2D eigenvalue weighted by molar-refractivity contribution is -0.145. The van der Waals surface area contributed by atoms with Gasteiger partial charge in [-0.15, -0.1) is 0 Å². The number of carbonyl (C=O) groups excluding carboxylic acids is 1. The van der Waals surface area contributed by atoms with Gasteiger partial charge in [0, 0.05) is 20.1 Å². The quantitative estimate of drug-likeness (QED) is 0.131. The predicted octanol–water partition coefficient (Wildman–Crippen LogP) is 0.881. The van der Waals surface area contributed by atoms with Crippen LogP contribution in [-0.4, -0.2) is 80.6 Å². The van der Waals surface area contributed by atoms with E-state index in [4.69, 9.17) is 29.0 Å². The molecule has 2 aromatic heterocycles. The Balaban J connectivity index is 1.38. The number of aliphatic hydroxyl groups excluding tert-OH is 1. The van der Waals surface area contributed by atoms with Gasteiger partial charge in [0.1, 0.15) is 41.9 Å². The average Bonchev–Trinajstić information content (AvgIpc) is 3.21. The number of anilines is 1. The first kappa shape index (κ1) is 28.9. The van der Waals surface area contributed by atoms with Crippen molar-refractivity contribution in [2.24, 2.45) is 0 Å². The molecule has 2 unspecified atom stereocenters. The molecule has 5 N–H and O–H groups in total. The lowest BCUT2D eigenvalue weighted by Gasteiger charge is -2.26. The number of para-hydroxylation sites is 1. The van der Waals surface area contributed by atoms with Crippen LogP contribution >= 0.6 is 7.75 Å². The zero-order valence-corrected chi connectivity index (χ0v) is 23.0. The van der Waals surface area contributed by atoms with Crippen LogP contribution < -0.4 is 15.3 Å². The molecular formula is C25H29N6O9P. The number of carbonyl (C=O) groups is 1. The molecule has 5 rings (SSSR count). The Bertz CT molecular complexity index is 1520. The Labute approximate surface area is 234 Å². The maximum atomic E-state index is 14.0. The van der Waals surface area contributed by atoms with Crippen LogP contribution in [0, 0.1) is 11.3 Å². The van der Waals surface area contributed by atoms with Crippen LogP contribution in [0.25, 0.3) is 5.52 Å². The van der Waals surface area contributed by atoms with E-state index in [0.29, 0.717) is 24.2 Å². The van der Waals surface area contributed by atoms with Gasteiger partial charge in [0.15, 0.2) is 17.5 Å². The minimum Gasteiger partial charge on any atom is -0.464 e.